The molecule has 1 N–H and O–H groups in total. The third kappa shape index (κ3) is 4.20. The van der Waals surface area contributed by atoms with E-state index >= 15 is 0 Å². The van der Waals surface area contributed by atoms with Crippen molar-refractivity contribution in [3.63, 3.8) is 0 Å². The standard InChI is InChI=1S/C17H20N2O2/c1-20-16-6-3-7-17(10-16)21-12-15-5-2-4-14(19-15)11-18-13-8-9-13/h2-7,10,13,18H,8-9,11-12H2,1H3. The zero-order valence-electron chi connectivity index (χ0n) is 12.2. The fourth-order valence-electron chi connectivity index (χ4n) is 2.09. The molecule has 0 bridgehead atoms. The van der Waals surface area contributed by atoms with Crippen LogP contribution < -0.4 is 14.8 Å². The van der Waals surface area contributed by atoms with E-state index < -0.39 is 0 Å². The number of hydrogen-bond donors (Lipinski definition) is 1. The molecule has 0 spiro atoms. The minimum Gasteiger partial charge on any atom is -0.497 e. The van der Waals surface area contributed by atoms with E-state index in [1.165, 1.54) is 12.8 Å². The van der Waals surface area contributed by atoms with E-state index in [4.69, 9.17) is 9.47 Å². The molecule has 21 heavy (non-hydrogen) atoms. The van der Waals surface area contributed by atoms with Gasteiger partial charge in [0.25, 0.3) is 0 Å². The van der Waals surface area contributed by atoms with Crippen molar-refractivity contribution in [1.29, 1.82) is 0 Å². The molecule has 110 valence electrons. The van der Waals surface area contributed by atoms with Gasteiger partial charge >= 0.3 is 0 Å². The number of methoxy groups -OCH3 is 1. The van der Waals surface area contributed by atoms with Gasteiger partial charge in [0.05, 0.1) is 18.5 Å². The van der Waals surface area contributed by atoms with Gasteiger partial charge in [-0.1, -0.05) is 12.1 Å². The highest BCUT2D eigenvalue weighted by atomic mass is 16.5. The first-order valence-corrected chi connectivity index (χ1v) is 7.28. The summed E-state index contributed by atoms with van der Waals surface area (Å²) in [6.45, 7) is 1.29. The molecule has 0 saturated heterocycles. The topological polar surface area (TPSA) is 43.4 Å². The highest BCUT2D eigenvalue weighted by Gasteiger charge is 2.20. The Kier molecular flexibility index (Phi) is 4.36. The second-order valence-corrected chi connectivity index (χ2v) is 5.24. The van der Waals surface area contributed by atoms with E-state index in [1.807, 2.05) is 42.5 Å². The van der Waals surface area contributed by atoms with Gasteiger partial charge in [0.1, 0.15) is 18.1 Å². The molecular weight excluding hydrogens is 264 g/mol. The summed E-state index contributed by atoms with van der Waals surface area (Å²) in [6.07, 6.45) is 2.58. The molecule has 1 fully saturated rings. The van der Waals surface area contributed by atoms with Crippen LogP contribution >= 0.6 is 0 Å². The molecule has 1 aliphatic carbocycles. The average molecular weight is 284 g/mol. The Morgan fingerprint density at radius 2 is 1.86 bits per heavy atom. The first kappa shape index (κ1) is 13.9. The maximum absolute atomic E-state index is 5.76. The number of benzene rings is 1. The molecule has 0 aliphatic heterocycles. The van der Waals surface area contributed by atoms with Crippen LogP contribution in [0.2, 0.25) is 0 Å². The van der Waals surface area contributed by atoms with Gasteiger partial charge in [-0.3, -0.25) is 4.98 Å². The summed E-state index contributed by atoms with van der Waals surface area (Å²) in [5, 5.41) is 3.47. The molecule has 4 nitrogen and oxygen atoms in total. The third-order valence-corrected chi connectivity index (χ3v) is 3.44. The lowest BCUT2D eigenvalue weighted by Crippen LogP contribution is -2.16. The smallest absolute Gasteiger partial charge is 0.130 e. The predicted octanol–water partition coefficient (Wildman–Crippen LogP) is 2.92. The summed E-state index contributed by atoms with van der Waals surface area (Å²) in [5.74, 6) is 1.58. The molecule has 1 aromatic carbocycles. The van der Waals surface area contributed by atoms with Crippen molar-refractivity contribution in [3.8, 4) is 11.5 Å². The maximum Gasteiger partial charge on any atom is 0.130 e. The molecule has 1 saturated carbocycles. The summed E-state index contributed by atoms with van der Waals surface area (Å²) in [7, 11) is 1.65. The van der Waals surface area contributed by atoms with Gasteiger partial charge in [-0.2, -0.15) is 0 Å². The largest absolute Gasteiger partial charge is 0.497 e. The fraction of sp³-hybridized carbons (Fsp3) is 0.353. The Hall–Kier alpha value is -2.07. The summed E-state index contributed by atoms with van der Waals surface area (Å²) in [6, 6.07) is 14.4. The van der Waals surface area contributed by atoms with E-state index in [2.05, 4.69) is 10.3 Å². The minimum atomic E-state index is 0.463. The van der Waals surface area contributed by atoms with Crippen LogP contribution in [-0.2, 0) is 13.2 Å². The summed E-state index contributed by atoms with van der Waals surface area (Å²) in [5.41, 5.74) is 2.00. The number of rotatable bonds is 7. The van der Waals surface area contributed by atoms with E-state index in [0.29, 0.717) is 12.6 Å². The lowest BCUT2D eigenvalue weighted by atomic mass is 10.3. The molecule has 0 amide bonds. The van der Waals surface area contributed by atoms with E-state index in [0.717, 1.165) is 29.4 Å². The normalized spacial score (nSPS) is 14.0. The Balaban J connectivity index is 1.57. The molecule has 1 aliphatic rings. The van der Waals surface area contributed by atoms with Gasteiger partial charge in [0.2, 0.25) is 0 Å². The van der Waals surface area contributed by atoms with Crippen LogP contribution in [-0.4, -0.2) is 18.1 Å². The Morgan fingerprint density at radius 3 is 2.67 bits per heavy atom. The second-order valence-electron chi connectivity index (χ2n) is 5.24. The zero-order chi connectivity index (χ0) is 14.5. The molecule has 0 atom stereocenters. The van der Waals surface area contributed by atoms with Gasteiger partial charge in [-0.15, -0.1) is 0 Å². The summed E-state index contributed by atoms with van der Waals surface area (Å²) < 4.78 is 10.9. The van der Waals surface area contributed by atoms with E-state index in [-0.39, 0.29) is 0 Å². The van der Waals surface area contributed by atoms with Crippen LogP contribution in [0.3, 0.4) is 0 Å². The van der Waals surface area contributed by atoms with Crippen molar-refractivity contribution in [1.82, 2.24) is 10.3 Å². The SMILES string of the molecule is COc1cccc(OCc2cccc(CNC3CC3)n2)c1. The quantitative estimate of drug-likeness (QED) is 0.849. The van der Waals surface area contributed by atoms with Crippen LogP contribution in [0, 0.1) is 0 Å². The maximum atomic E-state index is 5.76. The molecule has 3 rings (SSSR count). The van der Waals surface area contributed by atoms with Crippen LogP contribution in [0.25, 0.3) is 0 Å². The first-order chi connectivity index (χ1) is 10.3. The lowest BCUT2D eigenvalue weighted by molar-refractivity contribution is 0.298. The van der Waals surface area contributed by atoms with Crippen molar-refractivity contribution in [3.05, 3.63) is 53.9 Å². The Bertz CT molecular complexity index is 597. The van der Waals surface area contributed by atoms with Gasteiger partial charge in [0, 0.05) is 18.7 Å². The number of ether oxygens (including phenoxy) is 2. The Morgan fingerprint density at radius 1 is 1.10 bits per heavy atom. The van der Waals surface area contributed by atoms with E-state index in [1.54, 1.807) is 7.11 Å². The number of aromatic nitrogens is 1. The van der Waals surface area contributed by atoms with Crippen molar-refractivity contribution in [2.75, 3.05) is 7.11 Å². The summed E-state index contributed by atoms with van der Waals surface area (Å²) in [4.78, 5) is 4.61. The summed E-state index contributed by atoms with van der Waals surface area (Å²) >= 11 is 0. The van der Waals surface area contributed by atoms with Gasteiger partial charge < -0.3 is 14.8 Å². The molecule has 4 heteroatoms. The molecule has 1 aromatic heterocycles. The van der Waals surface area contributed by atoms with Gasteiger partial charge in [0.15, 0.2) is 0 Å². The number of nitrogens with zero attached hydrogens (tertiary/aromatic N) is 1. The van der Waals surface area contributed by atoms with Crippen molar-refractivity contribution in [2.24, 2.45) is 0 Å². The number of nitrogens with one attached hydrogen (secondary N) is 1. The average Bonchev–Trinajstić information content (AvgIpc) is 3.36. The number of hydrogen-bond acceptors (Lipinski definition) is 4. The zero-order valence-corrected chi connectivity index (χ0v) is 12.2. The fourth-order valence-corrected chi connectivity index (χ4v) is 2.09. The highest BCUT2D eigenvalue weighted by molar-refractivity contribution is 5.32. The van der Waals surface area contributed by atoms with Crippen molar-refractivity contribution in [2.45, 2.75) is 32.0 Å². The number of pyridine rings is 1. The van der Waals surface area contributed by atoms with Crippen LogP contribution in [0.15, 0.2) is 42.5 Å². The predicted molar refractivity (Wildman–Crippen MR) is 81.4 cm³/mol. The highest BCUT2D eigenvalue weighted by Crippen LogP contribution is 2.20. The molecule has 2 aromatic rings. The molecule has 1 heterocycles. The second kappa shape index (κ2) is 6.59. The molecule has 0 radical (unpaired) electrons. The first-order valence-electron chi connectivity index (χ1n) is 7.28. The lowest BCUT2D eigenvalue weighted by Gasteiger charge is -2.09. The van der Waals surface area contributed by atoms with Gasteiger partial charge in [-0.05, 0) is 37.1 Å². The van der Waals surface area contributed by atoms with Crippen molar-refractivity contribution < 1.29 is 9.47 Å². The Labute approximate surface area is 125 Å². The van der Waals surface area contributed by atoms with Crippen molar-refractivity contribution >= 4 is 0 Å². The molecule has 0 unspecified atom stereocenters. The monoisotopic (exact) mass is 284 g/mol. The third-order valence-electron chi connectivity index (χ3n) is 3.44. The molecular formula is C17H20N2O2. The van der Waals surface area contributed by atoms with Crippen LogP contribution in [0.1, 0.15) is 24.2 Å². The van der Waals surface area contributed by atoms with Crippen LogP contribution in [0.4, 0.5) is 0 Å². The van der Waals surface area contributed by atoms with E-state index in [9.17, 15) is 0 Å². The van der Waals surface area contributed by atoms with Crippen LogP contribution in [0.5, 0.6) is 11.5 Å². The minimum absolute atomic E-state index is 0.463. The van der Waals surface area contributed by atoms with Gasteiger partial charge in [-0.25, -0.2) is 0 Å².